The lowest BCUT2D eigenvalue weighted by atomic mass is 10.2. The molecule has 0 unspecified atom stereocenters. The van der Waals surface area contributed by atoms with Crippen LogP contribution in [-0.2, 0) is 13.1 Å². The number of imidazole rings is 1. The summed E-state index contributed by atoms with van der Waals surface area (Å²) in [5.74, 6) is 0.603. The van der Waals surface area contributed by atoms with Crippen LogP contribution in [0.3, 0.4) is 0 Å². The van der Waals surface area contributed by atoms with E-state index in [1.165, 1.54) is 0 Å². The number of rotatable bonds is 4. The highest BCUT2D eigenvalue weighted by Crippen LogP contribution is 2.20. The number of H-pyrrole nitrogens is 1. The normalized spacial score (nSPS) is 11.2. The summed E-state index contributed by atoms with van der Waals surface area (Å²) in [5.41, 5.74) is 4.07. The third-order valence-corrected chi connectivity index (χ3v) is 3.80. The van der Waals surface area contributed by atoms with Gasteiger partial charge in [0.25, 0.3) is 0 Å². The van der Waals surface area contributed by atoms with Gasteiger partial charge in [-0.15, -0.1) is 0 Å². The van der Waals surface area contributed by atoms with Gasteiger partial charge in [0, 0.05) is 18.8 Å². The molecule has 3 aromatic heterocycles. The number of aromatic amines is 1. The van der Waals surface area contributed by atoms with E-state index in [0.29, 0.717) is 17.2 Å². The van der Waals surface area contributed by atoms with Gasteiger partial charge in [-0.05, 0) is 37.7 Å². The highest BCUT2D eigenvalue weighted by Gasteiger charge is 2.14. The predicted molar refractivity (Wildman–Crippen MR) is 83.2 cm³/mol. The topological polar surface area (TPSA) is 60.7 Å². The largest absolute Gasteiger partial charge is 0.481 e. The number of hydrogen-bond acceptors (Lipinski definition) is 4. The Morgan fingerprint density at radius 2 is 2.24 bits per heavy atom. The van der Waals surface area contributed by atoms with E-state index in [-0.39, 0.29) is 0 Å². The molecule has 0 aromatic carbocycles. The van der Waals surface area contributed by atoms with Crippen LogP contribution >= 0.6 is 12.2 Å². The van der Waals surface area contributed by atoms with Crippen LogP contribution in [0.1, 0.15) is 18.2 Å². The van der Waals surface area contributed by atoms with Crippen LogP contribution < -0.4 is 4.74 Å². The molecular formula is C14H17N5OS. The van der Waals surface area contributed by atoms with Gasteiger partial charge in [-0.1, -0.05) is 0 Å². The molecule has 1 N–H and O–H groups in total. The van der Waals surface area contributed by atoms with Crippen molar-refractivity contribution in [2.75, 3.05) is 7.11 Å². The maximum atomic E-state index is 5.45. The smallest absolute Gasteiger partial charge is 0.213 e. The van der Waals surface area contributed by atoms with Crippen molar-refractivity contribution in [2.24, 2.45) is 0 Å². The van der Waals surface area contributed by atoms with E-state index in [9.17, 15) is 0 Å². The molecule has 3 rings (SSSR count). The summed E-state index contributed by atoms with van der Waals surface area (Å²) in [6.07, 6.45) is 1.74. The van der Waals surface area contributed by atoms with Crippen molar-refractivity contribution in [1.29, 1.82) is 0 Å². The number of ether oxygens (including phenoxy) is 1. The number of hydrogen-bond donors (Lipinski definition) is 1. The Labute approximate surface area is 127 Å². The summed E-state index contributed by atoms with van der Waals surface area (Å²) >= 11 is 5.45. The highest BCUT2D eigenvalue weighted by atomic mass is 32.1. The van der Waals surface area contributed by atoms with Gasteiger partial charge in [0.2, 0.25) is 5.88 Å². The monoisotopic (exact) mass is 303 g/mol. The second-order valence-electron chi connectivity index (χ2n) is 4.82. The van der Waals surface area contributed by atoms with Crippen LogP contribution in [-0.4, -0.2) is 31.4 Å². The molecule has 0 atom stereocenters. The summed E-state index contributed by atoms with van der Waals surface area (Å²) in [6.45, 7) is 5.51. The third-order valence-electron chi connectivity index (χ3n) is 3.48. The molecule has 0 aliphatic heterocycles. The van der Waals surface area contributed by atoms with E-state index in [2.05, 4.69) is 26.6 Å². The lowest BCUT2D eigenvalue weighted by Gasteiger charge is -2.07. The number of aryl methyl sites for hydroxylation is 2. The molecular weight excluding hydrogens is 286 g/mol. The van der Waals surface area contributed by atoms with E-state index in [1.807, 2.05) is 23.7 Å². The Bertz CT molecular complexity index is 845. The second-order valence-corrected chi connectivity index (χ2v) is 5.21. The zero-order chi connectivity index (χ0) is 15.0. The molecule has 6 nitrogen and oxygen atoms in total. The number of pyridine rings is 1. The minimum atomic E-state index is 0.603. The zero-order valence-electron chi connectivity index (χ0n) is 12.3. The van der Waals surface area contributed by atoms with Crippen LogP contribution in [0.15, 0.2) is 18.3 Å². The molecule has 0 amide bonds. The van der Waals surface area contributed by atoms with E-state index in [4.69, 9.17) is 17.0 Å². The van der Waals surface area contributed by atoms with Crippen molar-refractivity contribution < 1.29 is 4.74 Å². The average Bonchev–Trinajstić information content (AvgIpc) is 2.97. The molecule has 0 saturated heterocycles. The molecule has 21 heavy (non-hydrogen) atoms. The van der Waals surface area contributed by atoms with Crippen molar-refractivity contribution in [3.63, 3.8) is 0 Å². The van der Waals surface area contributed by atoms with E-state index in [1.54, 1.807) is 13.3 Å². The lowest BCUT2D eigenvalue weighted by Crippen LogP contribution is -2.06. The fourth-order valence-electron chi connectivity index (χ4n) is 2.47. The van der Waals surface area contributed by atoms with Crippen molar-refractivity contribution in [3.05, 3.63) is 34.4 Å². The fourth-order valence-corrected chi connectivity index (χ4v) is 2.72. The quantitative estimate of drug-likeness (QED) is 0.753. The first-order valence-electron chi connectivity index (χ1n) is 6.79. The van der Waals surface area contributed by atoms with Gasteiger partial charge in [0.15, 0.2) is 10.4 Å². The number of nitrogens with one attached hydrogen (secondary N) is 1. The van der Waals surface area contributed by atoms with Gasteiger partial charge in [0.1, 0.15) is 5.52 Å². The molecule has 0 bridgehead atoms. The number of methoxy groups -OCH3 is 1. The Morgan fingerprint density at radius 3 is 2.95 bits per heavy atom. The molecule has 3 aromatic rings. The van der Waals surface area contributed by atoms with Crippen molar-refractivity contribution in [2.45, 2.75) is 26.9 Å². The Kier molecular flexibility index (Phi) is 3.50. The Morgan fingerprint density at radius 1 is 1.43 bits per heavy atom. The maximum Gasteiger partial charge on any atom is 0.213 e. The maximum absolute atomic E-state index is 5.45. The van der Waals surface area contributed by atoms with Crippen LogP contribution in [0, 0.1) is 11.7 Å². The summed E-state index contributed by atoms with van der Waals surface area (Å²) in [6, 6.07) is 3.88. The van der Waals surface area contributed by atoms with Gasteiger partial charge in [-0.2, -0.15) is 5.10 Å². The van der Waals surface area contributed by atoms with Gasteiger partial charge in [-0.3, -0.25) is 4.57 Å². The molecule has 0 radical (unpaired) electrons. The number of fused-ring (bicyclic) bond motifs is 1. The standard InChI is InChI=1S/C14H17N5OS/c1-4-19-13-12(9(2)17-19)16-14(21)18(13)8-10-5-6-15-11(7-10)20-3/h5-7H,4,8H2,1-3H3,(H,16,21). The first-order valence-corrected chi connectivity index (χ1v) is 7.19. The first-order chi connectivity index (χ1) is 10.1. The van der Waals surface area contributed by atoms with Crippen LogP contribution in [0.25, 0.3) is 11.2 Å². The molecule has 0 saturated carbocycles. The summed E-state index contributed by atoms with van der Waals surface area (Å²) in [5, 5.41) is 4.53. The predicted octanol–water partition coefficient (Wildman–Crippen LogP) is 2.68. The molecule has 3 heterocycles. The molecule has 7 heteroatoms. The van der Waals surface area contributed by atoms with Gasteiger partial charge in [-0.25, -0.2) is 9.67 Å². The van der Waals surface area contributed by atoms with Crippen LogP contribution in [0.2, 0.25) is 0 Å². The first kappa shape index (κ1) is 13.8. The van der Waals surface area contributed by atoms with E-state index >= 15 is 0 Å². The minimum Gasteiger partial charge on any atom is -0.481 e. The van der Waals surface area contributed by atoms with Crippen LogP contribution in [0.4, 0.5) is 0 Å². The summed E-state index contributed by atoms with van der Waals surface area (Å²) < 4.78 is 9.89. The van der Waals surface area contributed by atoms with E-state index < -0.39 is 0 Å². The van der Waals surface area contributed by atoms with Crippen LogP contribution in [0.5, 0.6) is 5.88 Å². The van der Waals surface area contributed by atoms with Gasteiger partial charge in [0.05, 0.1) is 19.3 Å². The summed E-state index contributed by atoms with van der Waals surface area (Å²) in [7, 11) is 1.61. The Hall–Kier alpha value is -2.15. The average molecular weight is 303 g/mol. The van der Waals surface area contributed by atoms with Crippen molar-refractivity contribution in [1.82, 2.24) is 24.3 Å². The lowest BCUT2D eigenvalue weighted by molar-refractivity contribution is 0.397. The molecule has 110 valence electrons. The third kappa shape index (κ3) is 2.33. The van der Waals surface area contributed by atoms with Crippen molar-refractivity contribution in [3.8, 4) is 5.88 Å². The second kappa shape index (κ2) is 5.33. The highest BCUT2D eigenvalue weighted by molar-refractivity contribution is 7.71. The zero-order valence-corrected chi connectivity index (χ0v) is 13.1. The molecule has 0 aliphatic rings. The molecule has 0 spiro atoms. The SMILES string of the molecule is CCn1nc(C)c2[nH]c(=S)n(Cc3ccnc(OC)c3)c21. The van der Waals surface area contributed by atoms with Crippen molar-refractivity contribution >= 4 is 23.4 Å². The minimum absolute atomic E-state index is 0.603. The summed E-state index contributed by atoms with van der Waals surface area (Å²) in [4.78, 5) is 7.37. The van der Waals surface area contributed by atoms with Gasteiger partial charge >= 0.3 is 0 Å². The molecule has 0 aliphatic carbocycles. The fraction of sp³-hybridized carbons (Fsp3) is 0.357. The Balaban J connectivity index is 2.11. The molecule has 0 fully saturated rings. The van der Waals surface area contributed by atoms with E-state index in [0.717, 1.165) is 29.0 Å². The van der Waals surface area contributed by atoms with Gasteiger partial charge < -0.3 is 9.72 Å². The number of nitrogens with zero attached hydrogens (tertiary/aromatic N) is 4. The number of aromatic nitrogens is 5.